The van der Waals surface area contributed by atoms with Crippen LogP contribution in [0.5, 0.6) is 0 Å². The van der Waals surface area contributed by atoms with Gasteiger partial charge in [0.25, 0.3) is 0 Å². The molecule has 0 saturated carbocycles. The molecule has 0 aliphatic carbocycles. The van der Waals surface area contributed by atoms with E-state index in [9.17, 15) is 4.57 Å². The number of hydrogen-bond donors (Lipinski definition) is 3. The fourth-order valence-electron chi connectivity index (χ4n) is 1.16. The molecule has 0 radical (unpaired) electrons. The van der Waals surface area contributed by atoms with Crippen molar-refractivity contribution in [3.8, 4) is 0 Å². The van der Waals surface area contributed by atoms with Gasteiger partial charge in [-0.3, -0.25) is 4.52 Å². The lowest BCUT2D eigenvalue weighted by molar-refractivity contribution is -0.105. The van der Waals surface area contributed by atoms with E-state index in [0.29, 0.717) is 0 Å². The smallest absolute Gasteiger partial charge is 0.368 e. The van der Waals surface area contributed by atoms with Crippen LogP contribution in [0.25, 0.3) is 0 Å². The number of aliphatic hydroxyl groups is 1. The summed E-state index contributed by atoms with van der Waals surface area (Å²) in [6.45, 7) is -0.319. The summed E-state index contributed by atoms with van der Waals surface area (Å²) in [5, 5.41) is 9.07. The molecule has 1 aliphatic rings. The summed E-state index contributed by atoms with van der Waals surface area (Å²) in [6, 6.07) is 0. The van der Waals surface area contributed by atoms with Crippen LogP contribution in [-0.4, -0.2) is 40.0 Å². The number of phosphoric ester groups is 1. The zero-order valence-corrected chi connectivity index (χ0v) is 9.19. The third kappa shape index (κ3) is 3.88. The molecule has 9 heteroatoms. The van der Waals surface area contributed by atoms with Gasteiger partial charge in [-0.15, -0.1) is 0 Å². The molecule has 1 aliphatic heterocycles. The van der Waals surface area contributed by atoms with Gasteiger partial charge in [-0.1, -0.05) is 0 Å². The molecular formula is C5H12O7P2. The Morgan fingerprint density at radius 1 is 1.57 bits per heavy atom. The quantitative estimate of drug-likeness (QED) is 0.567. The first-order chi connectivity index (χ1) is 6.42. The van der Waals surface area contributed by atoms with Gasteiger partial charge in [0.1, 0.15) is 6.10 Å². The second kappa shape index (κ2) is 4.96. The van der Waals surface area contributed by atoms with Crippen molar-refractivity contribution in [3.05, 3.63) is 0 Å². The zero-order valence-electron chi connectivity index (χ0n) is 7.15. The molecule has 1 heterocycles. The van der Waals surface area contributed by atoms with Crippen LogP contribution < -0.4 is 0 Å². The maximum Gasteiger partial charge on any atom is 0.469 e. The lowest BCUT2D eigenvalue weighted by Crippen LogP contribution is -2.26. The first-order valence-electron chi connectivity index (χ1n) is 3.81. The van der Waals surface area contributed by atoms with Crippen molar-refractivity contribution < 1.29 is 33.2 Å². The third-order valence-corrected chi connectivity index (χ3v) is 2.60. The molecule has 0 spiro atoms. The normalized spacial score (nSPS) is 33.6. The number of hydrogen-bond acceptors (Lipinski definition) is 5. The van der Waals surface area contributed by atoms with Gasteiger partial charge >= 0.3 is 7.82 Å². The second-order valence-corrected chi connectivity index (χ2v) is 4.34. The van der Waals surface area contributed by atoms with Crippen LogP contribution in [0.3, 0.4) is 0 Å². The van der Waals surface area contributed by atoms with Crippen LogP contribution in [0, 0.1) is 0 Å². The summed E-state index contributed by atoms with van der Waals surface area (Å²) >= 11 is 0. The van der Waals surface area contributed by atoms with Crippen LogP contribution in [-0.2, 0) is 18.3 Å². The molecular weight excluding hydrogens is 234 g/mol. The van der Waals surface area contributed by atoms with Crippen LogP contribution in [0.1, 0.15) is 6.42 Å². The van der Waals surface area contributed by atoms with Crippen molar-refractivity contribution in [2.75, 3.05) is 6.61 Å². The highest BCUT2D eigenvalue weighted by Gasteiger charge is 2.36. The number of rotatable bonds is 4. The van der Waals surface area contributed by atoms with Gasteiger partial charge in [0.15, 0.2) is 6.29 Å². The minimum atomic E-state index is -4.50. The minimum absolute atomic E-state index is 0.249. The molecule has 3 N–H and O–H groups in total. The summed E-state index contributed by atoms with van der Waals surface area (Å²) in [5.74, 6) is 0. The van der Waals surface area contributed by atoms with Gasteiger partial charge in [0.05, 0.1) is 12.7 Å². The molecule has 4 atom stereocenters. The van der Waals surface area contributed by atoms with Crippen LogP contribution in [0.2, 0.25) is 0 Å². The van der Waals surface area contributed by atoms with Crippen LogP contribution in [0.4, 0.5) is 0 Å². The summed E-state index contributed by atoms with van der Waals surface area (Å²) in [4.78, 5) is 16.9. The number of phosphoric acid groups is 1. The molecule has 0 aromatic carbocycles. The molecule has 0 aromatic heterocycles. The predicted molar refractivity (Wildman–Crippen MR) is 48.1 cm³/mol. The summed E-state index contributed by atoms with van der Waals surface area (Å²) in [6.07, 6.45) is -1.85. The van der Waals surface area contributed by atoms with E-state index in [1.807, 2.05) is 9.47 Å². The Morgan fingerprint density at radius 3 is 2.71 bits per heavy atom. The van der Waals surface area contributed by atoms with Gasteiger partial charge < -0.3 is 24.2 Å². The highest BCUT2D eigenvalue weighted by Crippen LogP contribution is 2.37. The molecule has 1 rings (SSSR count). The molecule has 7 nitrogen and oxygen atoms in total. The Morgan fingerprint density at radius 2 is 2.21 bits per heavy atom. The van der Waals surface area contributed by atoms with E-state index in [0.717, 1.165) is 0 Å². The van der Waals surface area contributed by atoms with Crippen molar-refractivity contribution in [1.29, 1.82) is 0 Å². The second-order valence-electron chi connectivity index (χ2n) is 2.83. The van der Waals surface area contributed by atoms with Crippen LogP contribution >= 0.6 is 17.3 Å². The first-order valence-corrected chi connectivity index (χ1v) is 5.81. The van der Waals surface area contributed by atoms with E-state index >= 15 is 0 Å². The van der Waals surface area contributed by atoms with E-state index in [4.69, 9.17) is 24.2 Å². The Labute approximate surface area is 82.9 Å². The topological polar surface area (TPSA) is 105 Å². The number of ether oxygens (including phenoxy) is 1. The minimum Gasteiger partial charge on any atom is -0.368 e. The standard InChI is InChI=1S/C5H12O7P2/c6-5-1-3(12-13)4(11-5)2-10-14(7,8)9/h3-6H,1-2,13H2,(H2,7,8,9)/t3-,4+,5+/m0/s1. The Bertz CT molecular complexity index is 228. The van der Waals surface area contributed by atoms with E-state index in [2.05, 4.69) is 4.52 Å². The fraction of sp³-hybridized carbons (Fsp3) is 1.00. The van der Waals surface area contributed by atoms with Crippen LogP contribution in [0.15, 0.2) is 0 Å². The predicted octanol–water partition coefficient (Wildman–Crippen LogP) is -0.622. The maximum atomic E-state index is 10.4. The summed E-state index contributed by atoms with van der Waals surface area (Å²) < 4.78 is 24.4. The zero-order chi connectivity index (χ0) is 10.8. The average molecular weight is 246 g/mol. The van der Waals surface area contributed by atoms with E-state index < -0.39 is 26.3 Å². The van der Waals surface area contributed by atoms with Gasteiger partial charge in [0, 0.05) is 15.9 Å². The summed E-state index contributed by atoms with van der Waals surface area (Å²) in [5.41, 5.74) is 0. The molecule has 0 bridgehead atoms. The van der Waals surface area contributed by atoms with Gasteiger partial charge in [-0.25, -0.2) is 4.57 Å². The van der Waals surface area contributed by atoms with Crippen molar-refractivity contribution >= 4 is 17.3 Å². The fourth-order valence-corrected chi connectivity index (χ4v) is 1.78. The molecule has 0 aromatic rings. The van der Waals surface area contributed by atoms with Gasteiger partial charge in [0.2, 0.25) is 0 Å². The molecule has 1 fully saturated rings. The molecule has 14 heavy (non-hydrogen) atoms. The molecule has 84 valence electrons. The van der Waals surface area contributed by atoms with E-state index in [1.54, 1.807) is 0 Å². The largest absolute Gasteiger partial charge is 0.469 e. The molecule has 1 unspecified atom stereocenters. The number of aliphatic hydroxyl groups excluding tert-OH is 1. The third-order valence-electron chi connectivity index (χ3n) is 1.76. The lowest BCUT2D eigenvalue weighted by atomic mass is 10.2. The van der Waals surface area contributed by atoms with Crippen molar-refractivity contribution in [2.24, 2.45) is 0 Å². The highest BCUT2D eigenvalue weighted by atomic mass is 31.2. The van der Waals surface area contributed by atoms with Gasteiger partial charge in [-0.05, 0) is 0 Å². The van der Waals surface area contributed by atoms with Crippen molar-refractivity contribution in [1.82, 2.24) is 0 Å². The van der Waals surface area contributed by atoms with Gasteiger partial charge in [-0.2, -0.15) is 0 Å². The molecule has 1 saturated heterocycles. The SMILES string of the molecule is O=P(O)(O)OC[C@H]1O[C@@H](O)C[C@@H]1OP. The Hall–Kier alpha value is 0.420. The monoisotopic (exact) mass is 246 g/mol. The molecule has 0 amide bonds. The highest BCUT2D eigenvalue weighted by molar-refractivity contribution is 7.46. The van der Waals surface area contributed by atoms with Crippen molar-refractivity contribution in [2.45, 2.75) is 24.9 Å². The Kier molecular flexibility index (Phi) is 4.43. The Balaban J connectivity index is 2.40. The first kappa shape index (κ1) is 12.5. The van der Waals surface area contributed by atoms with E-state index in [-0.39, 0.29) is 13.0 Å². The maximum absolute atomic E-state index is 10.4. The summed E-state index contributed by atoms with van der Waals surface area (Å²) in [7, 11) is -2.50. The van der Waals surface area contributed by atoms with E-state index in [1.165, 1.54) is 0 Å². The average Bonchev–Trinajstić information content (AvgIpc) is 2.41. The van der Waals surface area contributed by atoms with Crippen molar-refractivity contribution in [3.63, 3.8) is 0 Å². The lowest BCUT2D eigenvalue weighted by Gasteiger charge is -2.16.